The van der Waals surface area contributed by atoms with Crippen molar-refractivity contribution in [3.8, 4) is 0 Å². The molecule has 0 spiro atoms. The number of aromatic nitrogens is 2. The van der Waals surface area contributed by atoms with Crippen LogP contribution in [-0.2, 0) is 24.2 Å². The average Bonchev–Trinajstić information content (AvgIpc) is 3.09. The first-order valence-corrected chi connectivity index (χ1v) is 10.5. The van der Waals surface area contributed by atoms with E-state index in [1.165, 1.54) is 0 Å². The molecule has 0 bridgehead atoms. The monoisotopic (exact) mass is 417 g/mol. The van der Waals surface area contributed by atoms with Crippen LogP contribution < -0.4 is 5.32 Å². The van der Waals surface area contributed by atoms with Crippen LogP contribution in [0.4, 0.5) is 0 Å². The fourth-order valence-corrected chi connectivity index (χ4v) is 3.84. The quantitative estimate of drug-likeness (QED) is 0.462. The molecule has 3 aromatic carbocycles. The van der Waals surface area contributed by atoms with E-state index >= 15 is 0 Å². The van der Waals surface area contributed by atoms with Gasteiger partial charge in [-0.05, 0) is 41.8 Å². The Morgan fingerprint density at radius 3 is 2.47 bits per heavy atom. The van der Waals surface area contributed by atoms with Crippen LogP contribution in [0.25, 0.3) is 11.0 Å². The molecule has 152 valence electrons. The lowest BCUT2D eigenvalue weighted by Crippen LogP contribution is -2.28. The summed E-state index contributed by atoms with van der Waals surface area (Å²) < 4.78 is 2.18. The van der Waals surface area contributed by atoms with E-state index in [4.69, 9.17) is 16.6 Å². The average molecular weight is 418 g/mol. The van der Waals surface area contributed by atoms with Crippen molar-refractivity contribution in [3.05, 3.63) is 100 Å². The smallest absolute Gasteiger partial charge is 0.224 e. The van der Waals surface area contributed by atoms with Gasteiger partial charge in [0.25, 0.3) is 0 Å². The summed E-state index contributed by atoms with van der Waals surface area (Å²) in [5.41, 5.74) is 5.26. The van der Waals surface area contributed by atoms with Gasteiger partial charge >= 0.3 is 0 Å². The van der Waals surface area contributed by atoms with Gasteiger partial charge in [0.15, 0.2) is 0 Å². The Kier molecular flexibility index (Phi) is 6.15. The van der Waals surface area contributed by atoms with Crippen LogP contribution in [0.15, 0.2) is 72.8 Å². The number of nitrogens with zero attached hydrogens (tertiary/aromatic N) is 2. The molecule has 1 amide bonds. The van der Waals surface area contributed by atoms with Gasteiger partial charge in [0.1, 0.15) is 5.82 Å². The summed E-state index contributed by atoms with van der Waals surface area (Å²) in [6, 6.07) is 23.9. The zero-order valence-electron chi connectivity index (χ0n) is 16.9. The second kappa shape index (κ2) is 9.14. The zero-order chi connectivity index (χ0) is 20.9. The Morgan fingerprint density at radius 2 is 1.67 bits per heavy atom. The lowest BCUT2D eigenvalue weighted by atomic mass is 10.1. The number of fused-ring (bicyclic) bond motifs is 1. The third-order valence-electron chi connectivity index (χ3n) is 5.30. The van der Waals surface area contributed by atoms with Gasteiger partial charge in [-0.3, -0.25) is 4.79 Å². The maximum Gasteiger partial charge on any atom is 0.224 e. The third-order valence-corrected chi connectivity index (χ3v) is 5.67. The molecule has 4 rings (SSSR count). The van der Waals surface area contributed by atoms with Gasteiger partial charge in [0.2, 0.25) is 5.91 Å². The Morgan fingerprint density at radius 1 is 0.967 bits per heavy atom. The Balaban J connectivity index is 1.48. The fourth-order valence-electron chi connectivity index (χ4n) is 3.65. The highest BCUT2D eigenvalue weighted by atomic mass is 35.5. The van der Waals surface area contributed by atoms with Crippen molar-refractivity contribution in [1.82, 2.24) is 14.9 Å². The predicted octanol–water partition coefficient (Wildman–Crippen LogP) is 4.95. The van der Waals surface area contributed by atoms with Crippen molar-refractivity contribution >= 4 is 28.5 Å². The Hall–Kier alpha value is -3.11. The maximum absolute atomic E-state index is 12.4. The van der Waals surface area contributed by atoms with Gasteiger partial charge in [-0.15, -0.1) is 0 Å². The van der Waals surface area contributed by atoms with E-state index in [0.29, 0.717) is 25.9 Å². The molecule has 0 aliphatic heterocycles. The van der Waals surface area contributed by atoms with E-state index in [-0.39, 0.29) is 5.91 Å². The van der Waals surface area contributed by atoms with Crippen LogP contribution in [0.3, 0.4) is 0 Å². The standard InChI is InChI=1S/C25H24ClN3O/c1-18-8-2-3-9-19(18)16-25(30)27-15-14-24-28-22-12-6-7-13-23(22)29(24)17-20-10-4-5-11-21(20)26/h2-13H,14-17H2,1H3,(H,27,30). The van der Waals surface area contributed by atoms with Gasteiger partial charge in [-0.1, -0.05) is 66.2 Å². The second-order valence-electron chi connectivity index (χ2n) is 7.40. The highest BCUT2D eigenvalue weighted by Gasteiger charge is 2.13. The van der Waals surface area contributed by atoms with Crippen molar-refractivity contribution in [1.29, 1.82) is 0 Å². The highest BCUT2D eigenvalue weighted by Crippen LogP contribution is 2.22. The molecular weight excluding hydrogens is 394 g/mol. The maximum atomic E-state index is 12.4. The molecule has 1 aromatic heterocycles. The molecule has 0 aliphatic rings. The van der Waals surface area contributed by atoms with Gasteiger partial charge in [0, 0.05) is 18.0 Å². The number of amides is 1. The summed E-state index contributed by atoms with van der Waals surface area (Å²) in [7, 11) is 0. The van der Waals surface area contributed by atoms with Crippen LogP contribution in [0.5, 0.6) is 0 Å². The Bertz CT molecular complexity index is 1180. The second-order valence-corrected chi connectivity index (χ2v) is 7.80. The number of hydrogen-bond donors (Lipinski definition) is 1. The number of hydrogen-bond acceptors (Lipinski definition) is 2. The summed E-state index contributed by atoms with van der Waals surface area (Å²) in [5.74, 6) is 0.963. The van der Waals surface area contributed by atoms with Crippen molar-refractivity contribution in [2.75, 3.05) is 6.54 Å². The van der Waals surface area contributed by atoms with Crippen molar-refractivity contribution < 1.29 is 4.79 Å². The summed E-state index contributed by atoms with van der Waals surface area (Å²) in [4.78, 5) is 17.2. The predicted molar refractivity (Wildman–Crippen MR) is 122 cm³/mol. The molecular formula is C25H24ClN3O. The lowest BCUT2D eigenvalue weighted by Gasteiger charge is -2.12. The molecule has 4 aromatic rings. The van der Waals surface area contributed by atoms with Crippen LogP contribution in [0, 0.1) is 6.92 Å². The number of imidazole rings is 1. The fraction of sp³-hybridized carbons (Fsp3) is 0.200. The molecule has 30 heavy (non-hydrogen) atoms. The van der Waals surface area contributed by atoms with E-state index < -0.39 is 0 Å². The number of para-hydroxylation sites is 2. The number of nitrogens with one attached hydrogen (secondary N) is 1. The van der Waals surface area contributed by atoms with E-state index in [0.717, 1.165) is 38.6 Å². The normalized spacial score (nSPS) is 11.0. The zero-order valence-corrected chi connectivity index (χ0v) is 17.7. The lowest BCUT2D eigenvalue weighted by molar-refractivity contribution is -0.120. The summed E-state index contributed by atoms with van der Waals surface area (Å²) in [5, 5.41) is 3.78. The van der Waals surface area contributed by atoms with E-state index in [9.17, 15) is 4.79 Å². The van der Waals surface area contributed by atoms with Crippen molar-refractivity contribution in [3.63, 3.8) is 0 Å². The summed E-state index contributed by atoms with van der Waals surface area (Å²) in [6.45, 7) is 3.21. The van der Waals surface area contributed by atoms with Crippen LogP contribution in [0.2, 0.25) is 5.02 Å². The van der Waals surface area contributed by atoms with Gasteiger partial charge in [-0.2, -0.15) is 0 Å². The van der Waals surface area contributed by atoms with E-state index in [1.807, 2.05) is 73.7 Å². The van der Waals surface area contributed by atoms with Gasteiger partial charge in [-0.25, -0.2) is 4.98 Å². The Labute approximate surface area is 181 Å². The van der Waals surface area contributed by atoms with Crippen molar-refractivity contribution in [2.45, 2.75) is 26.3 Å². The first kappa shape index (κ1) is 20.2. The molecule has 0 saturated heterocycles. The van der Waals surface area contributed by atoms with E-state index in [2.05, 4.69) is 16.0 Å². The minimum Gasteiger partial charge on any atom is -0.355 e. The number of benzene rings is 3. The number of halogens is 1. The highest BCUT2D eigenvalue weighted by molar-refractivity contribution is 6.31. The molecule has 0 saturated carbocycles. The summed E-state index contributed by atoms with van der Waals surface area (Å²) >= 11 is 6.39. The van der Waals surface area contributed by atoms with Gasteiger partial charge < -0.3 is 9.88 Å². The SMILES string of the molecule is Cc1ccccc1CC(=O)NCCc1nc2ccccc2n1Cc1ccccc1Cl. The van der Waals surface area contributed by atoms with Crippen LogP contribution in [0.1, 0.15) is 22.5 Å². The molecule has 4 nitrogen and oxygen atoms in total. The van der Waals surface area contributed by atoms with E-state index in [1.54, 1.807) is 0 Å². The molecule has 0 fully saturated rings. The topological polar surface area (TPSA) is 46.9 Å². The largest absolute Gasteiger partial charge is 0.355 e. The van der Waals surface area contributed by atoms with Crippen LogP contribution >= 0.6 is 11.6 Å². The first-order valence-electron chi connectivity index (χ1n) is 10.1. The molecule has 1 heterocycles. The number of rotatable bonds is 7. The van der Waals surface area contributed by atoms with Crippen molar-refractivity contribution in [2.24, 2.45) is 0 Å². The molecule has 0 unspecified atom stereocenters. The van der Waals surface area contributed by atoms with Crippen LogP contribution in [-0.4, -0.2) is 22.0 Å². The molecule has 0 aliphatic carbocycles. The third kappa shape index (κ3) is 4.55. The number of aryl methyl sites for hydroxylation is 1. The summed E-state index contributed by atoms with van der Waals surface area (Å²) in [6.07, 6.45) is 1.04. The number of carbonyl (C=O) groups excluding carboxylic acids is 1. The van der Waals surface area contributed by atoms with Gasteiger partial charge in [0.05, 0.1) is 24.0 Å². The minimum absolute atomic E-state index is 0.0260. The molecule has 1 N–H and O–H groups in total. The first-order chi connectivity index (χ1) is 14.6. The molecule has 0 atom stereocenters. The minimum atomic E-state index is 0.0260. The number of carbonyl (C=O) groups is 1. The molecule has 0 radical (unpaired) electrons. The molecule has 5 heteroatoms.